The number of nitrogens with zero attached hydrogens (tertiary/aromatic N) is 5. The highest BCUT2D eigenvalue weighted by molar-refractivity contribution is 5.75. The fraction of sp³-hybridized carbons (Fsp3) is 0.556. The first kappa shape index (κ1) is 18.2. The van der Waals surface area contributed by atoms with E-state index in [1.54, 1.807) is 26.4 Å². The first-order valence-electron chi connectivity index (χ1n) is 8.88. The summed E-state index contributed by atoms with van der Waals surface area (Å²) in [5, 5.41) is 12.4. The zero-order valence-corrected chi connectivity index (χ0v) is 15.5. The van der Waals surface area contributed by atoms with Gasteiger partial charge in [-0.3, -0.25) is 4.79 Å². The zero-order valence-electron chi connectivity index (χ0n) is 15.5. The summed E-state index contributed by atoms with van der Waals surface area (Å²) in [6.45, 7) is 0.0906. The maximum absolute atomic E-state index is 12.5. The van der Waals surface area contributed by atoms with Crippen molar-refractivity contribution in [3.63, 3.8) is 0 Å². The largest absolute Gasteiger partial charge is 0.493 e. The molecule has 1 aliphatic carbocycles. The topological polar surface area (TPSA) is 82.4 Å². The second-order valence-corrected chi connectivity index (χ2v) is 6.51. The monoisotopic (exact) mass is 359 g/mol. The second-order valence-electron chi connectivity index (χ2n) is 6.51. The first-order valence-corrected chi connectivity index (χ1v) is 8.88. The van der Waals surface area contributed by atoms with Gasteiger partial charge in [0.15, 0.2) is 11.5 Å². The Morgan fingerprint density at radius 1 is 1.19 bits per heavy atom. The number of carbonyl (C=O) groups is 1. The summed E-state index contributed by atoms with van der Waals surface area (Å²) >= 11 is 0. The SMILES string of the molecule is COc1ccc(-c2nnn(CC(=O)N(C)C3CCCCC3)n2)cc1OC. The molecule has 0 unspecified atom stereocenters. The molecule has 1 aliphatic rings. The second kappa shape index (κ2) is 8.16. The molecule has 1 aromatic heterocycles. The van der Waals surface area contributed by atoms with E-state index in [1.807, 2.05) is 18.0 Å². The van der Waals surface area contributed by atoms with Gasteiger partial charge >= 0.3 is 0 Å². The minimum Gasteiger partial charge on any atom is -0.493 e. The number of carbonyl (C=O) groups excluding carboxylic acids is 1. The molecule has 1 heterocycles. The van der Waals surface area contributed by atoms with Crippen molar-refractivity contribution in [1.29, 1.82) is 0 Å². The Hall–Kier alpha value is -2.64. The van der Waals surface area contributed by atoms with Crippen LogP contribution >= 0.6 is 0 Å². The molecule has 0 spiro atoms. The Balaban J connectivity index is 1.68. The van der Waals surface area contributed by atoms with Crippen LogP contribution in [0, 0.1) is 0 Å². The van der Waals surface area contributed by atoms with Crippen molar-refractivity contribution in [1.82, 2.24) is 25.1 Å². The molecule has 0 bridgehead atoms. The van der Waals surface area contributed by atoms with Gasteiger partial charge in [-0.25, -0.2) is 0 Å². The summed E-state index contributed by atoms with van der Waals surface area (Å²) in [5.41, 5.74) is 0.752. The van der Waals surface area contributed by atoms with Gasteiger partial charge in [0.05, 0.1) is 14.2 Å². The molecule has 0 aliphatic heterocycles. The van der Waals surface area contributed by atoms with Crippen molar-refractivity contribution < 1.29 is 14.3 Å². The van der Waals surface area contributed by atoms with Gasteiger partial charge in [0.2, 0.25) is 11.7 Å². The molecule has 140 valence electrons. The molecule has 1 saturated carbocycles. The fourth-order valence-corrected chi connectivity index (χ4v) is 3.31. The quantitative estimate of drug-likeness (QED) is 0.786. The molecule has 3 rings (SSSR count). The van der Waals surface area contributed by atoms with Crippen molar-refractivity contribution in [2.45, 2.75) is 44.7 Å². The molecule has 8 heteroatoms. The van der Waals surface area contributed by atoms with Crippen molar-refractivity contribution in [3.05, 3.63) is 18.2 Å². The minimum atomic E-state index is 0.00756. The molecule has 1 aromatic carbocycles. The molecule has 1 fully saturated rings. The van der Waals surface area contributed by atoms with E-state index in [1.165, 1.54) is 24.1 Å². The number of amides is 1. The van der Waals surface area contributed by atoms with Crippen LogP contribution in [0.4, 0.5) is 0 Å². The zero-order chi connectivity index (χ0) is 18.5. The number of aromatic nitrogens is 4. The van der Waals surface area contributed by atoms with Crippen molar-refractivity contribution in [2.75, 3.05) is 21.3 Å². The molecule has 8 nitrogen and oxygen atoms in total. The third kappa shape index (κ3) is 3.95. The molecule has 0 N–H and O–H groups in total. The Labute approximate surface area is 153 Å². The van der Waals surface area contributed by atoms with E-state index in [0.29, 0.717) is 23.4 Å². The molecular formula is C18H25N5O3. The van der Waals surface area contributed by atoms with Crippen LogP contribution < -0.4 is 9.47 Å². The van der Waals surface area contributed by atoms with Gasteiger partial charge in [-0.1, -0.05) is 19.3 Å². The number of methoxy groups -OCH3 is 2. The normalized spacial score (nSPS) is 14.9. The third-order valence-corrected chi connectivity index (χ3v) is 4.89. The average molecular weight is 359 g/mol. The van der Waals surface area contributed by atoms with Crippen LogP contribution in [0.25, 0.3) is 11.4 Å². The highest BCUT2D eigenvalue weighted by Gasteiger charge is 2.23. The molecule has 2 aromatic rings. The summed E-state index contributed by atoms with van der Waals surface area (Å²) in [4.78, 5) is 15.7. The lowest BCUT2D eigenvalue weighted by atomic mass is 9.94. The van der Waals surface area contributed by atoms with Crippen LogP contribution in [-0.2, 0) is 11.3 Å². The smallest absolute Gasteiger partial charge is 0.246 e. The van der Waals surface area contributed by atoms with E-state index < -0.39 is 0 Å². The lowest BCUT2D eigenvalue weighted by molar-refractivity contribution is -0.133. The van der Waals surface area contributed by atoms with Gasteiger partial charge in [0, 0.05) is 18.7 Å². The van der Waals surface area contributed by atoms with Crippen LogP contribution in [0.5, 0.6) is 11.5 Å². The van der Waals surface area contributed by atoms with Crippen LogP contribution in [0.3, 0.4) is 0 Å². The van der Waals surface area contributed by atoms with Crippen LogP contribution in [0.15, 0.2) is 18.2 Å². The van der Waals surface area contributed by atoms with Gasteiger partial charge in [-0.2, -0.15) is 4.80 Å². The van der Waals surface area contributed by atoms with E-state index in [4.69, 9.17) is 9.47 Å². The predicted octanol–water partition coefficient (Wildman–Crippen LogP) is 2.15. The maximum Gasteiger partial charge on any atom is 0.246 e. The predicted molar refractivity (Wildman–Crippen MR) is 96.0 cm³/mol. The Bertz CT molecular complexity index is 755. The van der Waals surface area contributed by atoms with Crippen LogP contribution in [0.2, 0.25) is 0 Å². The van der Waals surface area contributed by atoms with Gasteiger partial charge in [-0.15, -0.1) is 10.2 Å². The average Bonchev–Trinajstić information content (AvgIpc) is 3.15. The molecule has 0 saturated heterocycles. The van der Waals surface area contributed by atoms with Crippen LogP contribution in [0.1, 0.15) is 32.1 Å². The molecule has 1 amide bonds. The Morgan fingerprint density at radius 2 is 1.92 bits per heavy atom. The van der Waals surface area contributed by atoms with Gasteiger partial charge in [-0.05, 0) is 36.3 Å². The summed E-state index contributed by atoms with van der Waals surface area (Å²) < 4.78 is 10.5. The number of hydrogen-bond donors (Lipinski definition) is 0. The fourth-order valence-electron chi connectivity index (χ4n) is 3.31. The Morgan fingerprint density at radius 3 is 2.62 bits per heavy atom. The molecule has 0 radical (unpaired) electrons. The lowest BCUT2D eigenvalue weighted by Crippen LogP contribution is -2.40. The molecule has 26 heavy (non-hydrogen) atoms. The number of tetrazole rings is 1. The number of hydrogen-bond acceptors (Lipinski definition) is 6. The standard InChI is InChI=1S/C18H25N5O3/c1-22(14-7-5-4-6-8-14)17(24)12-23-20-18(19-21-23)13-9-10-15(25-2)16(11-13)26-3/h9-11,14H,4-8,12H2,1-3H3. The van der Waals surface area contributed by atoms with Crippen LogP contribution in [-0.4, -0.2) is 58.3 Å². The maximum atomic E-state index is 12.5. The summed E-state index contributed by atoms with van der Waals surface area (Å²) in [6, 6.07) is 5.73. The minimum absolute atomic E-state index is 0.00756. The van der Waals surface area contributed by atoms with Crippen molar-refractivity contribution in [3.8, 4) is 22.9 Å². The summed E-state index contributed by atoms with van der Waals surface area (Å²) in [7, 11) is 5.02. The first-order chi connectivity index (χ1) is 12.6. The van der Waals surface area contributed by atoms with E-state index in [9.17, 15) is 4.79 Å². The number of benzene rings is 1. The summed E-state index contributed by atoms with van der Waals surface area (Å²) in [5.74, 6) is 1.68. The van der Waals surface area contributed by atoms with Crippen molar-refractivity contribution in [2.24, 2.45) is 0 Å². The van der Waals surface area contributed by atoms with E-state index in [0.717, 1.165) is 18.4 Å². The summed E-state index contributed by atoms with van der Waals surface area (Å²) in [6.07, 6.45) is 5.78. The Kier molecular flexibility index (Phi) is 5.70. The highest BCUT2D eigenvalue weighted by atomic mass is 16.5. The van der Waals surface area contributed by atoms with E-state index in [2.05, 4.69) is 15.4 Å². The van der Waals surface area contributed by atoms with Gasteiger partial charge in [0.25, 0.3) is 0 Å². The molecular weight excluding hydrogens is 334 g/mol. The van der Waals surface area contributed by atoms with Gasteiger partial charge < -0.3 is 14.4 Å². The van der Waals surface area contributed by atoms with Gasteiger partial charge in [0.1, 0.15) is 6.54 Å². The van der Waals surface area contributed by atoms with E-state index in [-0.39, 0.29) is 12.5 Å². The number of likely N-dealkylation sites (N-methyl/N-ethyl adjacent to an activating group) is 1. The lowest BCUT2D eigenvalue weighted by Gasteiger charge is -2.31. The van der Waals surface area contributed by atoms with Crippen molar-refractivity contribution >= 4 is 5.91 Å². The molecule has 0 atom stereocenters. The number of ether oxygens (including phenoxy) is 2. The third-order valence-electron chi connectivity index (χ3n) is 4.89. The van der Waals surface area contributed by atoms with E-state index >= 15 is 0 Å². The number of rotatable bonds is 6. The highest BCUT2D eigenvalue weighted by Crippen LogP contribution is 2.30.